The Balaban J connectivity index is 2.00. The summed E-state index contributed by atoms with van der Waals surface area (Å²) < 4.78 is 0. The van der Waals surface area contributed by atoms with Crippen molar-refractivity contribution in [3.8, 4) is 12.1 Å². The SMILES string of the molecule is CC(=O)C1C(c2cccc(Cl)c2)C(C#N)(C#N)C2C=Cc3cc(Cl)ccc3N12. The molecular formula is C22H15Cl2N3O. The highest BCUT2D eigenvalue weighted by Gasteiger charge is 2.62. The fourth-order valence-corrected chi connectivity index (χ4v) is 4.87. The molecule has 0 N–H and O–H groups in total. The Hall–Kier alpha value is -2.79. The summed E-state index contributed by atoms with van der Waals surface area (Å²) in [5, 5.41) is 21.4. The molecule has 4 rings (SSSR count). The van der Waals surface area contributed by atoms with E-state index in [9.17, 15) is 15.3 Å². The van der Waals surface area contributed by atoms with Gasteiger partial charge in [-0.05, 0) is 48.4 Å². The fourth-order valence-electron chi connectivity index (χ4n) is 4.49. The van der Waals surface area contributed by atoms with E-state index >= 15 is 0 Å². The Morgan fingerprint density at radius 2 is 1.82 bits per heavy atom. The van der Waals surface area contributed by atoms with Crippen LogP contribution in [0.2, 0.25) is 10.0 Å². The van der Waals surface area contributed by atoms with E-state index in [0.717, 1.165) is 11.3 Å². The van der Waals surface area contributed by atoms with Gasteiger partial charge in [-0.2, -0.15) is 10.5 Å². The minimum absolute atomic E-state index is 0.112. The van der Waals surface area contributed by atoms with Crippen LogP contribution in [0.15, 0.2) is 48.5 Å². The van der Waals surface area contributed by atoms with Crippen LogP contribution in [0.3, 0.4) is 0 Å². The van der Waals surface area contributed by atoms with Gasteiger partial charge in [0, 0.05) is 21.7 Å². The summed E-state index contributed by atoms with van der Waals surface area (Å²) in [5.74, 6) is -0.756. The fraction of sp³-hybridized carbons (Fsp3) is 0.227. The molecule has 0 aromatic heterocycles. The molecule has 3 atom stereocenters. The number of hydrogen-bond acceptors (Lipinski definition) is 4. The van der Waals surface area contributed by atoms with Crippen molar-refractivity contribution in [2.45, 2.75) is 24.9 Å². The van der Waals surface area contributed by atoms with Crippen molar-refractivity contribution >= 4 is 40.7 Å². The second-order valence-electron chi connectivity index (χ2n) is 7.10. The van der Waals surface area contributed by atoms with Crippen molar-refractivity contribution in [2.75, 3.05) is 4.90 Å². The van der Waals surface area contributed by atoms with Crippen LogP contribution in [0.5, 0.6) is 0 Å². The Kier molecular flexibility index (Phi) is 4.42. The second kappa shape index (κ2) is 6.67. The third kappa shape index (κ3) is 2.53. The number of carbonyl (C=O) groups excluding carboxylic acids is 1. The third-order valence-corrected chi connectivity index (χ3v) is 6.06. The first kappa shape index (κ1) is 18.6. The summed E-state index contributed by atoms with van der Waals surface area (Å²) >= 11 is 12.3. The molecule has 0 spiro atoms. The van der Waals surface area contributed by atoms with Gasteiger partial charge in [0.05, 0.1) is 24.2 Å². The van der Waals surface area contributed by atoms with Gasteiger partial charge >= 0.3 is 0 Å². The van der Waals surface area contributed by atoms with Crippen LogP contribution < -0.4 is 4.90 Å². The zero-order valence-electron chi connectivity index (χ0n) is 14.9. The van der Waals surface area contributed by atoms with Crippen LogP contribution in [0.4, 0.5) is 5.69 Å². The number of anilines is 1. The molecule has 1 saturated heterocycles. The number of hydrogen-bond donors (Lipinski definition) is 0. The predicted molar refractivity (Wildman–Crippen MR) is 109 cm³/mol. The molecule has 2 aromatic rings. The topological polar surface area (TPSA) is 67.9 Å². The number of ketones is 1. The summed E-state index contributed by atoms with van der Waals surface area (Å²) in [5.41, 5.74) is 0.909. The molecule has 4 nitrogen and oxygen atoms in total. The number of nitriles is 2. The van der Waals surface area contributed by atoms with Crippen LogP contribution in [0.1, 0.15) is 24.0 Å². The molecule has 0 aliphatic carbocycles. The summed E-state index contributed by atoms with van der Waals surface area (Å²) in [6.45, 7) is 1.50. The number of halogens is 2. The van der Waals surface area contributed by atoms with E-state index in [0.29, 0.717) is 15.6 Å². The van der Waals surface area contributed by atoms with Gasteiger partial charge in [-0.15, -0.1) is 0 Å². The Labute approximate surface area is 173 Å². The van der Waals surface area contributed by atoms with Gasteiger partial charge in [-0.3, -0.25) is 4.79 Å². The Morgan fingerprint density at radius 3 is 2.46 bits per heavy atom. The molecule has 6 heteroatoms. The summed E-state index contributed by atoms with van der Waals surface area (Å²) in [4.78, 5) is 14.7. The molecule has 1 fully saturated rings. The number of carbonyl (C=O) groups is 1. The predicted octanol–water partition coefficient (Wildman–Crippen LogP) is 4.98. The highest BCUT2D eigenvalue weighted by molar-refractivity contribution is 6.31. The maximum absolute atomic E-state index is 12.8. The molecule has 3 unspecified atom stereocenters. The van der Waals surface area contributed by atoms with Crippen molar-refractivity contribution < 1.29 is 4.79 Å². The molecule has 0 radical (unpaired) electrons. The number of fused-ring (bicyclic) bond motifs is 3. The van der Waals surface area contributed by atoms with Gasteiger partial charge in [0.2, 0.25) is 0 Å². The Morgan fingerprint density at radius 1 is 1.11 bits per heavy atom. The van der Waals surface area contributed by atoms with Gasteiger partial charge in [0.1, 0.15) is 0 Å². The molecule has 0 bridgehead atoms. The lowest BCUT2D eigenvalue weighted by molar-refractivity contribution is -0.118. The van der Waals surface area contributed by atoms with Gasteiger partial charge in [-0.1, -0.05) is 47.5 Å². The zero-order chi connectivity index (χ0) is 20.1. The lowest BCUT2D eigenvalue weighted by Gasteiger charge is -2.35. The lowest BCUT2D eigenvalue weighted by Crippen LogP contribution is -2.43. The minimum atomic E-state index is -1.44. The second-order valence-corrected chi connectivity index (χ2v) is 7.97. The molecule has 2 aromatic carbocycles. The van der Waals surface area contributed by atoms with E-state index in [2.05, 4.69) is 12.1 Å². The van der Waals surface area contributed by atoms with Crippen molar-refractivity contribution in [3.05, 3.63) is 69.7 Å². The van der Waals surface area contributed by atoms with Crippen LogP contribution in [0, 0.1) is 28.1 Å². The highest BCUT2D eigenvalue weighted by Crippen LogP contribution is 2.55. The average Bonchev–Trinajstić information content (AvgIpc) is 2.98. The van der Waals surface area contributed by atoms with Crippen LogP contribution >= 0.6 is 23.2 Å². The number of Topliss-reactive ketones (excluding diaryl/α,β-unsaturated/α-hetero) is 1. The summed E-state index contributed by atoms with van der Waals surface area (Å²) in [6, 6.07) is 15.7. The van der Waals surface area contributed by atoms with Crippen molar-refractivity contribution in [3.63, 3.8) is 0 Å². The number of benzene rings is 2. The lowest BCUT2D eigenvalue weighted by atomic mass is 9.69. The maximum Gasteiger partial charge on any atom is 0.176 e. The van der Waals surface area contributed by atoms with E-state index in [1.807, 2.05) is 35.3 Å². The van der Waals surface area contributed by atoms with Gasteiger partial charge in [-0.25, -0.2) is 0 Å². The normalized spacial score (nSPS) is 24.0. The van der Waals surface area contributed by atoms with E-state index < -0.39 is 23.4 Å². The molecule has 28 heavy (non-hydrogen) atoms. The first-order valence-electron chi connectivity index (χ1n) is 8.77. The molecule has 2 aliphatic heterocycles. The van der Waals surface area contributed by atoms with Gasteiger partial charge < -0.3 is 4.90 Å². The maximum atomic E-state index is 12.8. The summed E-state index contributed by atoms with van der Waals surface area (Å²) in [6.07, 6.45) is 3.69. The van der Waals surface area contributed by atoms with Crippen molar-refractivity contribution in [2.24, 2.45) is 5.41 Å². The first-order valence-corrected chi connectivity index (χ1v) is 9.53. The van der Waals surface area contributed by atoms with E-state index in [1.54, 1.807) is 24.3 Å². The van der Waals surface area contributed by atoms with Crippen LogP contribution in [-0.2, 0) is 4.79 Å². The largest absolute Gasteiger partial charge is 0.351 e. The van der Waals surface area contributed by atoms with E-state index in [4.69, 9.17) is 23.2 Å². The zero-order valence-corrected chi connectivity index (χ0v) is 16.4. The molecule has 138 valence electrons. The van der Waals surface area contributed by atoms with Crippen molar-refractivity contribution in [1.29, 1.82) is 10.5 Å². The average molecular weight is 408 g/mol. The van der Waals surface area contributed by atoms with Crippen LogP contribution in [0.25, 0.3) is 6.08 Å². The van der Waals surface area contributed by atoms with E-state index in [1.165, 1.54) is 6.92 Å². The monoisotopic (exact) mass is 407 g/mol. The smallest absolute Gasteiger partial charge is 0.176 e. The quantitative estimate of drug-likeness (QED) is 0.703. The van der Waals surface area contributed by atoms with Gasteiger partial charge in [0.25, 0.3) is 0 Å². The standard InChI is InChI=1S/C22H15Cl2N3O/c1-13(28)21-20(15-3-2-4-16(23)10-15)22(11-25,12-26)19-8-5-14-9-17(24)6-7-18(14)27(19)21/h2-10,19-21H,1H3. The first-order chi connectivity index (χ1) is 13.4. The Bertz CT molecular complexity index is 1080. The number of nitrogens with zero attached hydrogens (tertiary/aromatic N) is 3. The molecule has 2 heterocycles. The van der Waals surface area contributed by atoms with Gasteiger partial charge in [0.15, 0.2) is 11.2 Å². The van der Waals surface area contributed by atoms with E-state index in [-0.39, 0.29) is 5.78 Å². The van der Waals surface area contributed by atoms with Crippen molar-refractivity contribution in [1.82, 2.24) is 0 Å². The highest BCUT2D eigenvalue weighted by atomic mass is 35.5. The molecule has 2 aliphatic rings. The van der Waals surface area contributed by atoms with Crippen LogP contribution in [-0.4, -0.2) is 17.9 Å². The minimum Gasteiger partial charge on any atom is -0.351 e. The summed E-state index contributed by atoms with van der Waals surface area (Å²) in [7, 11) is 0. The number of rotatable bonds is 2. The molecule has 0 saturated carbocycles. The molecule has 0 amide bonds. The molecular weight excluding hydrogens is 393 g/mol. The third-order valence-electron chi connectivity index (χ3n) is 5.59.